The van der Waals surface area contributed by atoms with Crippen LogP contribution in [0.2, 0.25) is 5.02 Å². The maximum absolute atomic E-state index is 12.7. The highest BCUT2D eigenvalue weighted by molar-refractivity contribution is 6.31. The Labute approximate surface area is 117 Å². The van der Waals surface area contributed by atoms with E-state index in [1.54, 1.807) is 6.92 Å². The van der Waals surface area contributed by atoms with Crippen LogP contribution >= 0.6 is 11.6 Å². The van der Waals surface area contributed by atoms with E-state index < -0.39 is 11.7 Å². The van der Waals surface area contributed by atoms with Crippen molar-refractivity contribution >= 4 is 28.9 Å². The van der Waals surface area contributed by atoms with Crippen LogP contribution in [0.3, 0.4) is 0 Å². The van der Waals surface area contributed by atoms with E-state index in [1.807, 2.05) is 0 Å². The fourth-order valence-electron chi connectivity index (χ4n) is 1.55. The number of alkyl halides is 3. The van der Waals surface area contributed by atoms with Gasteiger partial charge in [-0.2, -0.15) is 13.2 Å². The van der Waals surface area contributed by atoms with E-state index in [0.717, 1.165) is 12.1 Å². The van der Waals surface area contributed by atoms with E-state index >= 15 is 0 Å². The molecule has 2 aromatic rings. The molecule has 0 aliphatic carbocycles. The van der Waals surface area contributed by atoms with Gasteiger partial charge in [0.1, 0.15) is 18.0 Å². The molecule has 1 aromatic carbocycles. The van der Waals surface area contributed by atoms with Crippen LogP contribution < -0.4 is 11.1 Å². The monoisotopic (exact) mass is 302 g/mol. The number of nitrogens with two attached hydrogens (primary N) is 1. The maximum atomic E-state index is 12.7. The Morgan fingerprint density at radius 2 is 1.90 bits per heavy atom. The van der Waals surface area contributed by atoms with Crippen LogP contribution in [-0.2, 0) is 6.18 Å². The zero-order chi connectivity index (χ0) is 14.9. The highest BCUT2D eigenvalue weighted by Crippen LogP contribution is 2.34. The summed E-state index contributed by atoms with van der Waals surface area (Å²) in [5.41, 5.74) is 5.48. The van der Waals surface area contributed by atoms with Gasteiger partial charge in [-0.3, -0.25) is 0 Å². The fraction of sp³-hybridized carbons (Fsp3) is 0.167. The maximum Gasteiger partial charge on any atom is 0.416 e. The summed E-state index contributed by atoms with van der Waals surface area (Å²) in [7, 11) is 0. The van der Waals surface area contributed by atoms with Crippen LogP contribution in [0.15, 0.2) is 24.5 Å². The van der Waals surface area contributed by atoms with Crippen molar-refractivity contribution in [2.45, 2.75) is 13.1 Å². The fourth-order valence-corrected chi connectivity index (χ4v) is 1.79. The molecule has 1 heterocycles. The number of hydrogen-bond acceptors (Lipinski definition) is 4. The molecule has 0 aliphatic heterocycles. The third kappa shape index (κ3) is 3.11. The molecule has 0 unspecified atom stereocenters. The molecule has 0 saturated heterocycles. The largest absolute Gasteiger partial charge is 0.416 e. The average molecular weight is 303 g/mol. The van der Waals surface area contributed by atoms with Crippen molar-refractivity contribution in [1.82, 2.24) is 9.97 Å². The predicted octanol–water partition coefficient (Wildman–Crippen LogP) is 3.78. The summed E-state index contributed by atoms with van der Waals surface area (Å²) >= 11 is 5.70. The molecular formula is C12H10ClF3N4. The second-order valence-corrected chi connectivity index (χ2v) is 4.52. The molecule has 0 radical (unpaired) electrons. The molecule has 0 fully saturated rings. The van der Waals surface area contributed by atoms with Crippen molar-refractivity contribution in [3.63, 3.8) is 0 Å². The highest BCUT2D eigenvalue weighted by Gasteiger charge is 2.31. The summed E-state index contributed by atoms with van der Waals surface area (Å²) < 4.78 is 38.1. The topological polar surface area (TPSA) is 63.8 Å². The van der Waals surface area contributed by atoms with Crippen molar-refractivity contribution in [2.24, 2.45) is 0 Å². The van der Waals surface area contributed by atoms with E-state index in [4.69, 9.17) is 17.3 Å². The van der Waals surface area contributed by atoms with Gasteiger partial charge >= 0.3 is 6.18 Å². The van der Waals surface area contributed by atoms with E-state index in [9.17, 15) is 13.2 Å². The number of nitrogen functional groups attached to an aromatic ring is 1. The van der Waals surface area contributed by atoms with Crippen LogP contribution in [0.4, 0.5) is 30.5 Å². The molecule has 0 bridgehead atoms. The minimum atomic E-state index is -4.47. The summed E-state index contributed by atoms with van der Waals surface area (Å²) in [6.45, 7) is 1.66. The van der Waals surface area contributed by atoms with Gasteiger partial charge in [0.05, 0.1) is 5.56 Å². The minimum absolute atomic E-state index is 0.0259. The molecule has 0 spiro atoms. The van der Waals surface area contributed by atoms with E-state index in [2.05, 4.69) is 15.3 Å². The Balaban J connectivity index is 2.39. The van der Waals surface area contributed by atoms with Gasteiger partial charge < -0.3 is 11.1 Å². The third-order valence-corrected chi connectivity index (χ3v) is 2.83. The number of rotatable bonds is 2. The molecule has 20 heavy (non-hydrogen) atoms. The highest BCUT2D eigenvalue weighted by atomic mass is 35.5. The first-order valence-electron chi connectivity index (χ1n) is 5.49. The summed E-state index contributed by atoms with van der Waals surface area (Å²) in [6, 6.07) is 3.17. The Morgan fingerprint density at radius 3 is 2.55 bits per heavy atom. The molecule has 106 valence electrons. The van der Waals surface area contributed by atoms with Gasteiger partial charge in [0, 0.05) is 16.3 Å². The normalized spacial score (nSPS) is 11.4. The van der Waals surface area contributed by atoms with Crippen molar-refractivity contribution in [3.05, 3.63) is 40.7 Å². The number of nitrogens with one attached hydrogen (secondary N) is 1. The average Bonchev–Trinajstić information content (AvgIpc) is 2.33. The molecular weight excluding hydrogens is 293 g/mol. The van der Waals surface area contributed by atoms with Crippen molar-refractivity contribution in [1.29, 1.82) is 0 Å². The standard InChI is InChI=1S/C12H10ClF3N4/c1-6-10(17)18-5-19-11(6)20-9-3-7(12(14,15)16)2-8(13)4-9/h2-5H,1H3,(H3,17,18,19,20). The van der Waals surface area contributed by atoms with Crippen LogP contribution in [-0.4, -0.2) is 9.97 Å². The van der Waals surface area contributed by atoms with Gasteiger partial charge in [0.15, 0.2) is 0 Å². The first-order chi connectivity index (χ1) is 9.27. The molecule has 0 saturated carbocycles. The Morgan fingerprint density at radius 1 is 1.20 bits per heavy atom. The Bertz CT molecular complexity index is 643. The summed E-state index contributed by atoms with van der Waals surface area (Å²) in [5, 5.41) is 2.72. The Hall–Kier alpha value is -2.02. The van der Waals surface area contributed by atoms with Crippen LogP contribution in [0, 0.1) is 6.92 Å². The van der Waals surface area contributed by atoms with Gasteiger partial charge in [-0.1, -0.05) is 11.6 Å². The third-order valence-electron chi connectivity index (χ3n) is 2.61. The number of halogens is 4. The van der Waals surface area contributed by atoms with Crippen LogP contribution in [0.1, 0.15) is 11.1 Å². The van der Waals surface area contributed by atoms with Crippen molar-refractivity contribution < 1.29 is 13.2 Å². The molecule has 0 amide bonds. The lowest BCUT2D eigenvalue weighted by atomic mass is 10.2. The van der Waals surface area contributed by atoms with Crippen molar-refractivity contribution in [2.75, 3.05) is 11.1 Å². The first-order valence-corrected chi connectivity index (χ1v) is 5.87. The number of nitrogens with zero attached hydrogens (tertiary/aromatic N) is 2. The number of benzene rings is 1. The lowest BCUT2D eigenvalue weighted by molar-refractivity contribution is -0.137. The van der Waals surface area contributed by atoms with Gasteiger partial charge in [-0.05, 0) is 25.1 Å². The summed E-state index contributed by atoms with van der Waals surface area (Å²) in [4.78, 5) is 7.71. The van der Waals surface area contributed by atoms with Crippen molar-refractivity contribution in [3.8, 4) is 0 Å². The Kier molecular flexibility index (Phi) is 3.71. The second kappa shape index (κ2) is 5.16. The molecule has 4 nitrogen and oxygen atoms in total. The number of aromatic nitrogens is 2. The smallest absolute Gasteiger partial charge is 0.383 e. The quantitative estimate of drug-likeness (QED) is 0.886. The summed E-state index contributed by atoms with van der Waals surface area (Å²) in [5.74, 6) is 0.577. The lowest BCUT2D eigenvalue weighted by Crippen LogP contribution is -2.06. The van der Waals surface area contributed by atoms with Crippen LogP contribution in [0.25, 0.3) is 0 Å². The summed E-state index contributed by atoms with van der Waals surface area (Å²) in [6.07, 6.45) is -3.25. The van der Waals surface area contributed by atoms with Gasteiger partial charge in [-0.25, -0.2) is 9.97 Å². The second-order valence-electron chi connectivity index (χ2n) is 4.08. The number of anilines is 3. The van der Waals surface area contributed by atoms with Gasteiger partial charge in [-0.15, -0.1) is 0 Å². The zero-order valence-corrected chi connectivity index (χ0v) is 11.0. The molecule has 0 aliphatic rings. The van der Waals surface area contributed by atoms with E-state index in [0.29, 0.717) is 11.4 Å². The van der Waals surface area contributed by atoms with Crippen LogP contribution in [0.5, 0.6) is 0 Å². The molecule has 8 heteroatoms. The van der Waals surface area contributed by atoms with E-state index in [-0.39, 0.29) is 16.5 Å². The molecule has 1 aromatic heterocycles. The first kappa shape index (κ1) is 14.4. The van der Waals surface area contributed by atoms with Gasteiger partial charge in [0.25, 0.3) is 0 Å². The predicted molar refractivity (Wildman–Crippen MR) is 70.9 cm³/mol. The SMILES string of the molecule is Cc1c(N)ncnc1Nc1cc(Cl)cc(C(F)(F)F)c1. The zero-order valence-electron chi connectivity index (χ0n) is 10.3. The van der Waals surface area contributed by atoms with Gasteiger partial charge in [0.2, 0.25) is 0 Å². The molecule has 0 atom stereocenters. The molecule has 2 rings (SSSR count). The lowest BCUT2D eigenvalue weighted by Gasteiger charge is -2.12. The molecule has 3 N–H and O–H groups in total. The minimum Gasteiger partial charge on any atom is -0.383 e. The van der Waals surface area contributed by atoms with E-state index in [1.165, 1.54) is 12.4 Å². The number of hydrogen-bond donors (Lipinski definition) is 2.